The van der Waals surface area contributed by atoms with Crippen LogP contribution in [0.25, 0.3) is 5.65 Å². The number of aromatic nitrogens is 2. The molecule has 0 saturated carbocycles. The number of hydrogen-bond acceptors (Lipinski definition) is 2. The Bertz CT molecular complexity index is 436. The first kappa shape index (κ1) is 9.68. The van der Waals surface area contributed by atoms with Gasteiger partial charge in [-0.15, -0.1) is 0 Å². The zero-order chi connectivity index (χ0) is 9.97. The molecule has 14 heavy (non-hydrogen) atoms. The Balaban J connectivity index is 2.36. The van der Waals surface area contributed by atoms with Crippen molar-refractivity contribution in [3.8, 4) is 0 Å². The van der Waals surface area contributed by atoms with Crippen LogP contribution in [0, 0.1) is 0 Å². The van der Waals surface area contributed by atoms with Gasteiger partial charge in [0.25, 0.3) is 0 Å². The summed E-state index contributed by atoms with van der Waals surface area (Å²) in [5.41, 5.74) is 7.53. The van der Waals surface area contributed by atoms with Crippen LogP contribution < -0.4 is 5.73 Å². The number of hydrogen-bond donors (Lipinski definition) is 1. The summed E-state index contributed by atoms with van der Waals surface area (Å²) in [5, 5.41) is 0. The van der Waals surface area contributed by atoms with Crippen molar-refractivity contribution in [2.75, 3.05) is 6.54 Å². The molecule has 2 aromatic rings. The molecule has 0 fully saturated rings. The molecule has 0 saturated heterocycles. The molecule has 2 N–H and O–H groups in total. The fourth-order valence-corrected chi connectivity index (χ4v) is 1.88. The predicted octanol–water partition coefficient (Wildman–Crippen LogP) is 1.99. The van der Waals surface area contributed by atoms with E-state index in [9.17, 15) is 0 Å². The van der Waals surface area contributed by atoms with E-state index in [4.69, 9.17) is 5.73 Å². The molecule has 0 aromatic carbocycles. The number of fused-ring (bicyclic) bond motifs is 1. The summed E-state index contributed by atoms with van der Waals surface area (Å²) in [6, 6.07) is 3.99. The van der Waals surface area contributed by atoms with Gasteiger partial charge in [0.15, 0.2) is 5.65 Å². The quantitative estimate of drug-likeness (QED) is 0.910. The summed E-state index contributed by atoms with van der Waals surface area (Å²) < 4.78 is 3.05. The topological polar surface area (TPSA) is 43.3 Å². The lowest BCUT2D eigenvalue weighted by atomic mass is 10.2. The van der Waals surface area contributed by atoms with Gasteiger partial charge in [-0.05, 0) is 47.4 Å². The first-order valence-corrected chi connectivity index (χ1v) is 5.43. The highest BCUT2D eigenvalue weighted by Gasteiger charge is 2.03. The van der Waals surface area contributed by atoms with Crippen LogP contribution in [0.15, 0.2) is 29.0 Å². The predicted molar refractivity (Wildman–Crippen MR) is 60.3 cm³/mol. The number of aryl methyl sites for hydroxylation is 1. The molecule has 0 aliphatic heterocycles. The SMILES string of the molecule is NCCCc1cn2cccc(Br)c2n1. The maximum absolute atomic E-state index is 5.46. The summed E-state index contributed by atoms with van der Waals surface area (Å²) in [5.74, 6) is 0. The van der Waals surface area contributed by atoms with E-state index in [1.165, 1.54) is 0 Å². The summed E-state index contributed by atoms with van der Waals surface area (Å²) in [4.78, 5) is 4.51. The average Bonchev–Trinajstić information content (AvgIpc) is 2.59. The van der Waals surface area contributed by atoms with E-state index < -0.39 is 0 Å². The molecular weight excluding hydrogens is 242 g/mol. The lowest BCUT2D eigenvalue weighted by Gasteiger charge is -1.92. The lowest BCUT2D eigenvalue weighted by molar-refractivity contribution is 0.816. The van der Waals surface area contributed by atoms with Gasteiger partial charge in [0.05, 0.1) is 10.2 Å². The van der Waals surface area contributed by atoms with Crippen LogP contribution in [-0.4, -0.2) is 15.9 Å². The van der Waals surface area contributed by atoms with E-state index >= 15 is 0 Å². The van der Waals surface area contributed by atoms with Gasteiger partial charge >= 0.3 is 0 Å². The van der Waals surface area contributed by atoms with Crippen molar-refractivity contribution in [1.82, 2.24) is 9.38 Å². The molecule has 0 bridgehead atoms. The minimum Gasteiger partial charge on any atom is -0.330 e. The van der Waals surface area contributed by atoms with Crippen molar-refractivity contribution in [3.63, 3.8) is 0 Å². The standard InChI is InChI=1S/C10H12BrN3/c11-9-4-2-6-14-7-8(3-1-5-12)13-10(9)14/h2,4,6-7H,1,3,5,12H2. The van der Waals surface area contributed by atoms with Crippen molar-refractivity contribution >= 4 is 21.6 Å². The number of pyridine rings is 1. The molecular formula is C10H12BrN3. The molecule has 74 valence electrons. The van der Waals surface area contributed by atoms with E-state index in [0.29, 0.717) is 0 Å². The summed E-state index contributed by atoms with van der Waals surface area (Å²) in [6.45, 7) is 0.717. The molecule has 3 nitrogen and oxygen atoms in total. The molecule has 0 unspecified atom stereocenters. The van der Waals surface area contributed by atoms with E-state index in [1.807, 2.05) is 22.7 Å². The highest BCUT2D eigenvalue weighted by Crippen LogP contribution is 2.17. The van der Waals surface area contributed by atoms with E-state index in [0.717, 1.165) is 35.2 Å². The third-order valence-electron chi connectivity index (χ3n) is 2.12. The number of halogens is 1. The molecule has 0 aliphatic rings. The van der Waals surface area contributed by atoms with Gasteiger partial charge in [0, 0.05) is 12.4 Å². The van der Waals surface area contributed by atoms with E-state index in [-0.39, 0.29) is 0 Å². The monoisotopic (exact) mass is 253 g/mol. The van der Waals surface area contributed by atoms with Crippen molar-refractivity contribution in [2.45, 2.75) is 12.8 Å². The summed E-state index contributed by atoms with van der Waals surface area (Å²) >= 11 is 3.47. The molecule has 0 radical (unpaired) electrons. The number of nitrogens with two attached hydrogens (primary N) is 1. The lowest BCUT2D eigenvalue weighted by Crippen LogP contribution is -2.00. The van der Waals surface area contributed by atoms with Gasteiger partial charge in [0.1, 0.15) is 0 Å². The van der Waals surface area contributed by atoms with Crippen LogP contribution in [0.2, 0.25) is 0 Å². The van der Waals surface area contributed by atoms with Crippen LogP contribution in [0.1, 0.15) is 12.1 Å². The molecule has 2 aromatic heterocycles. The fourth-order valence-electron chi connectivity index (χ4n) is 1.43. The van der Waals surface area contributed by atoms with Crippen LogP contribution in [0.3, 0.4) is 0 Å². The molecule has 0 amide bonds. The highest BCUT2D eigenvalue weighted by molar-refractivity contribution is 9.10. The van der Waals surface area contributed by atoms with Gasteiger partial charge < -0.3 is 10.1 Å². The Morgan fingerprint density at radius 3 is 3.07 bits per heavy atom. The van der Waals surface area contributed by atoms with Crippen molar-refractivity contribution < 1.29 is 0 Å². The Morgan fingerprint density at radius 2 is 2.36 bits per heavy atom. The molecule has 2 rings (SSSR count). The zero-order valence-electron chi connectivity index (χ0n) is 7.78. The van der Waals surface area contributed by atoms with E-state index in [1.54, 1.807) is 0 Å². The smallest absolute Gasteiger partial charge is 0.151 e. The second kappa shape index (κ2) is 4.11. The first-order chi connectivity index (χ1) is 6.81. The van der Waals surface area contributed by atoms with Gasteiger partial charge in [-0.2, -0.15) is 0 Å². The zero-order valence-corrected chi connectivity index (χ0v) is 9.37. The highest BCUT2D eigenvalue weighted by atomic mass is 79.9. The maximum atomic E-state index is 5.46. The summed E-state index contributed by atoms with van der Waals surface area (Å²) in [6.07, 6.45) is 5.99. The maximum Gasteiger partial charge on any atom is 0.151 e. The molecule has 0 atom stereocenters. The third-order valence-corrected chi connectivity index (χ3v) is 2.74. The largest absolute Gasteiger partial charge is 0.330 e. The van der Waals surface area contributed by atoms with Gasteiger partial charge in [-0.3, -0.25) is 0 Å². The van der Waals surface area contributed by atoms with E-state index in [2.05, 4.69) is 27.1 Å². The Labute approximate surface area is 91.1 Å². The Hall–Kier alpha value is -0.870. The fraction of sp³-hybridized carbons (Fsp3) is 0.300. The van der Waals surface area contributed by atoms with Crippen molar-refractivity contribution in [3.05, 3.63) is 34.7 Å². The summed E-state index contributed by atoms with van der Waals surface area (Å²) in [7, 11) is 0. The van der Waals surface area contributed by atoms with Gasteiger partial charge in [0.2, 0.25) is 0 Å². The van der Waals surface area contributed by atoms with Crippen LogP contribution in [0.5, 0.6) is 0 Å². The minimum atomic E-state index is 0.717. The third kappa shape index (κ3) is 1.81. The Morgan fingerprint density at radius 1 is 1.50 bits per heavy atom. The second-order valence-corrected chi connectivity index (χ2v) is 4.07. The Kier molecular flexibility index (Phi) is 2.84. The number of imidazole rings is 1. The second-order valence-electron chi connectivity index (χ2n) is 3.21. The minimum absolute atomic E-state index is 0.717. The normalized spacial score (nSPS) is 11.0. The average molecular weight is 254 g/mol. The first-order valence-electron chi connectivity index (χ1n) is 4.63. The molecule has 2 heterocycles. The van der Waals surface area contributed by atoms with Gasteiger partial charge in [-0.1, -0.05) is 0 Å². The van der Waals surface area contributed by atoms with Gasteiger partial charge in [-0.25, -0.2) is 4.98 Å². The van der Waals surface area contributed by atoms with Crippen LogP contribution in [-0.2, 0) is 6.42 Å². The van der Waals surface area contributed by atoms with Crippen molar-refractivity contribution in [1.29, 1.82) is 0 Å². The van der Waals surface area contributed by atoms with Crippen LogP contribution >= 0.6 is 15.9 Å². The number of nitrogens with zero attached hydrogens (tertiary/aromatic N) is 2. The number of rotatable bonds is 3. The van der Waals surface area contributed by atoms with Crippen LogP contribution in [0.4, 0.5) is 0 Å². The molecule has 4 heteroatoms. The van der Waals surface area contributed by atoms with Crippen molar-refractivity contribution in [2.24, 2.45) is 5.73 Å². The molecule has 0 spiro atoms. The molecule has 0 aliphatic carbocycles.